The van der Waals surface area contributed by atoms with Crippen molar-refractivity contribution in [2.75, 3.05) is 47.5 Å². The Bertz CT molecular complexity index is 683. The fourth-order valence-corrected chi connectivity index (χ4v) is 4.97. The summed E-state index contributed by atoms with van der Waals surface area (Å²) in [5.41, 5.74) is 0. The van der Waals surface area contributed by atoms with Crippen LogP contribution >= 0.6 is 7.82 Å². The Hall–Kier alpha value is -0.990. The Morgan fingerprint density at radius 3 is 1.60 bits per heavy atom. The van der Waals surface area contributed by atoms with E-state index in [1.807, 2.05) is 21.1 Å². The third-order valence-corrected chi connectivity index (χ3v) is 7.64. The predicted octanol–water partition coefficient (Wildman–Crippen LogP) is 6.71. The van der Waals surface area contributed by atoms with Gasteiger partial charge >= 0.3 is 11.9 Å². The Morgan fingerprint density at radius 2 is 1.18 bits per heavy atom. The van der Waals surface area contributed by atoms with Gasteiger partial charge in [0.15, 0.2) is 6.10 Å². The van der Waals surface area contributed by atoms with Crippen LogP contribution in [0.3, 0.4) is 0 Å². The van der Waals surface area contributed by atoms with Crippen molar-refractivity contribution >= 4 is 19.8 Å². The van der Waals surface area contributed by atoms with Crippen molar-refractivity contribution in [1.29, 1.82) is 0 Å². The molecule has 0 amide bonds. The molecule has 0 saturated heterocycles. The Kier molecular flexibility index (Phi) is 24.0. The van der Waals surface area contributed by atoms with Crippen LogP contribution in [0, 0.1) is 0 Å². The van der Waals surface area contributed by atoms with Crippen LogP contribution < -0.4 is 4.89 Å². The highest BCUT2D eigenvalue weighted by atomic mass is 31.2. The summed E-state index contributed by atoms with van der Waals surface area (Å²) in [6, 6.07) is 0. The maximum Gasteiger partial charge on any atom is 0.305 e. The number of carbonyl (C=O) groups excluding carboxylic acids is 2. The number of phosphoric acid groups is 1. The summed E-state index contributed by atoms with van der Waals surface area (Å²) in [6.45, 7) is 3.16. The zero-order chi connectivity index (χ0) is 30.1. The number of nitrogens with zero attached hydrogens (tertiary/aromatic N) is 1. The molecule has 0 fully saturated rings. The minimum atomic E-state index is -4.56. The van der Waals surface area contributed by atoms with Crippen LogP contribution in [0.2, 0.25) is 0 Å². The predicted molar refractivity (Wildman–Crippen MR) is 158 cm³/mol. The Morgan fingerprint density at radius 1 is 0.725 bits per heavy atom. The van der Waals surface area contributed by atoms with Crippen molar-refractivity contribution in [1.82, 2.24) is 0 Å². The number of likely N-dealkylation sites (N-methyl/N-ethyl adjacent to an activating group) is 1. The van der Waals surface area contributed by atoms with E-state index in [4.69, 9.17) is 18.5 Å². The van der Waals surface area contributed by atoms with Crippen LogP contribution in [-0.2, 0) is 32.7 Å². The van der Waals surface area contributed by atoms with Gasteiger partial charge in [-0.25, -0.2) is 0 Å². The summed E-state index contributed by atoms with van der Waals surface area (Å²) in [6.07, 6.45) is 20.9. The number of carbonyl (C=O) groups is 2. The second kappa shape index (κ2) is 24.6. The molecular weight excluding hydrogens is 533 g/mol. The van der Waals surface area contributed by atoms with Crippen LogP contribution in [0.4, 0.5) is 0 Å². The van der Waals surface area contributed by atoms with Gasteiger partial charge in [-0.15, -0.1) is 0 Å². The molecule has 2 atom stereocenters. The number of phosphoric ester groups is 1. The molecule has 0 aromatic heterocycles. The van der Waals surface area contributed by atoms with Crippen LogP contribution in [0.5, 0.6) is 0 Å². The topological polar surface area (TPSA) is 111 Å². The van der Waals surface area contributed by atoms with Gasteiger partial charge in [0.1, 0.15) is 19.8 Å². The van der Waals surface area contributed by atoms with Crippen molar-refractivity contribution in [3.05, 3.63) is 0 Å². The number of hydrogen-bond acceptors (Lipinski definition) is 8. The smallest absolute Gasteiger partial charge is 0.305 e. The summed E-state index contributed by atoms with van der Waals surface area (Å²) in [5.74, 6) is -1.02. The van der Waals surface area contributed by atoms with E-state index in [0.717, 1.165) is 19.3 Å². The van der Waals surface area contributed by atoms with Gasteiger partial charge in [0.05, 0.1) is 27.7 Å². The summed E-state index contributed by atoms with van der Waals surface area (Å²) in [4.78, 5) is 35.4. The van der Waals surface area contributed by atoms with Gasteiger partial charge in [0, 0.05) is 13.3 Å². The first kappa shape index (κ1) is 39.0. The van der Waals surface area contributed by atoms with Crippen molar-refractivity contribution in [2.45, 2.75) is 136 Å². The average Bonchev–Trinajstić information content (AvgIpc) is 2.86. The minimum absolute atomic E-state index is 0.0309. The highest BCUT2D eigenvalue weighted by Crippen LogP contribution is 2.38. The van der Waals surface area contributed by atoms with Gasteiger partial charge in [-0.1, -0.05) is 110 Å². The second-order valence-electron chi connectivity index (χ2n) is 11.9. The van der Waals surface area contributed by atoms with Crippen molar-refractivity contribution in [3.8, 4) is 0 Å². The maximum absolute atomic E-state index is 12.1. The fourth-order valence-electron chi connectivity index (χ4n) is 4.24. The second-order valence-corrected chi connectivity index (χ2v) is 13.3. The van der Waals surface area contributed by atoms with E-state index in [1.165, 1.54) is 96.8 Å². The molecular formula is C30H60NO8P. The number of hydrogen-bond donors (Lipinski definition) is 0. The zero-order valence-electron chi connectivity index (χ0n) is 26.3. The van der Waals surface area contributed by atoms with E-state index in [0.29, 0.717) is 11.0 Å². The van der Waals surface area contributed by atoms with Crippen LogP contribution in [-0.4, -0.2) is 70.0 Å². The van der Waals surface area contributed by atoms with Crippen LogP contribution in [0.15, 0.2) is 0 Å². The number of ether oxygens (including phenoxy) is 2. The minimum Gasteiger partial charge on any atom is -0.756 e. The zero-order valence-corrected chi connectivity index (χ0v) is 27.2. The SMILES string of the molecule is CCCCCCCCCCCCCCCCCCCC(=O)OC[C@H](COP(=O)([O-])OCC[N+](C)(C)C)OC(C)=O. The largest absolute Gasteiger partial charge is 0.756 e. The molecule has 0 aliphatic carbocycles. The maximum atomic E-state index is 12.1. The van der Waals surface area contributed by atoms with Gasteiger partial charge in [-0.3, -0.25) is 14.2 Å². The highest BCUT2D eigenvalue weighted by molar-refractivity contribution is 7.45. The molecule has 0 heterocycles. The molecule has 10 heteroatoms. The first-order chi connectivity index (χ1) is 18.9. The quantitative estimate of drug-likeness (QED) is 0.0426. The van der Waals surface area contributed by atoms with Gasteiger partial charge in [0.2, 0.25) is 0 Å². The van der Waals surface area contributed by atoms with E-state index in [-0.39, 0.29) is 19.6 Å². The Balaban J connectivity index is 3.80. The van der Waals surface area contributed by atoms with E-state index in [1.54, 1.807) is 0 Å². The Labute approximate surface area is 244 Å². The molecule has 0 N–H and O–H groups in total. The molecule has 0 aliphatic rings. The first-order valence-corrected chi connectivity index (χ1v) is 17.1. The van der Waals surface area contributed by atoms with Gasteiger partial charge in [-0.2, -0.15) is 0 Å². The number of unbranched alkanes of at least 4 members (excludes halogenated alkanes) is 16. The van der Waals surface area contributed by atoms with E-state index >= 15 is 0 Å². The number of quaternary nitrogens is 1. The molecule has 40 heavy (non-hydrogen) atoms. The highest BCUT2D eigenvalue weighted by Gasteiger charge is 2.20. The van der Waals surface area contributed by atoms with Crippen molar-refractivity contribution in [3.63, 3.8) is 0 Å². The molecule has 0 spiro atoms. The molecule has 0 bridgehead atoms. The molecule has 9 nitrogen and oxygen atoms in total. The lowest BCUT2D eigenvalue weighted by atomic mass is 10.0. The fraction of sp³-hybridized carbons (Fsp3) is 0.933. The summed E-state index contributed by atoms with van der Waals surface area (Å²) < 4.78 is 32.4. The number of esters is 2. The van der Waals surface area contributed by atoms with Gasteiger partial charge < -0.3 is 27.9 Å². The third kappa shape index (κ3) is 28.5. The molecule has 0 radical (unpaired) electrons. The van der Waals surface area contributed by atoms with E-state index in [9.17, 15) is 19.0 Å². The van der Waals surface area contributed by atoms with E-state index < -0.39 is 32.5 Å². The lowest BCUT2D eigenvalue weighted by Crippen LogP contribution is -2.37. The lowest BCUT2D eigenvalue weighted by Gasteiger charge is -2.28. The molecule has 0 saturated carbocycles. The molecule has 0 aromatic carbocycles. The molecule has 1 unspecified atom stereocenters. The molecule has 0 aliphatic heterocycles. The van der Waals surface area contributed by atoms with E-state index in [2.05, 4.69) is 6.92 Å². The first-order valence-electron chi connectivity index (χ1n) is 15.7. The lowest BCUT2D eigenvalue weighted by molar-refractivity contribution is -0.870. The van der Waals surface area contributed by atoms with Crippen molar-refractivity contribution < 1.29 is 42.1 Å². The van der Waals surface area contributed by atoms with Crippen molar-refractivity contribution in [2.24, 2.45) is 0 Å². The summed E-state index contributed by atoms with van der Waals surface area (Å²) >= 11 is 0. The third-order valence-electron chi connectivity index (χ3n) is 6.68. The standard InChI is InChI=1S/C30H60NO8P/c1-6-7-8-9-10-11-12-13-14-15-16-17-18-19-20-21-22-23-30(33)36-26-29(39-28(2)32)27-38-40(34,35)37-25-24-31(3,4)5/h29H,6-27H2,1-5H3/t29-/m1/s1. The van der Waals surface area contributed by atoms with Crippen LogP contribution in [0.1, 0.15) is 129 Å². The van der Waals surface area contributed by atoms with Crippen LogP contribution in [0.25, 0.3) is 0 Å². The number of rotatable bonds is 28. The molecule has 238 valence electrons. The van der Waals surface area contributed by atoms with Gasteiger partial charge in [0.25, 0.3) is 7.82 Å². The summed E-state index contributed by atoms with van der Waals surface area (Å²) in [5, 5.41) is 0. The van der Waals surface area contributed by atoms with Gasteiger partial charge in [-0.05, 0) is 6.42 Å². The average molecular weight is 594 g/mol. The monoisotopic (exact) mass is 593 g/mol. The summed E-state index contributed by atoms with van der Waals surface area (Å²) in [7, 11) is 1.16. The molecule has 0 aromatic rings. The molecule has 0 rings (SSSR count). The normalized spacial score (nSPS) is 14.1.